The van der Waals surface area contributed by atoms with Crippen LogP contribution in [0.5, 0.6) is 0 Å². The summed E-state index contributed by atoms with van der Waals surface area (Å²) >= 11 is 0. The molecule has 1 aliphatic carbocycles. The SMILES string of the molecule is CN(C)N=CC1CC=CCC1. The quantitative estimate of drug-likeness (QED) is 0.335. The Morgan fingerprint density at radius 3 is 2.82 bits per heavy atom. The van der Waals surface area contributed by atoms with Gasteiger partial charge in [-0.05, 0) is 25.2 Å². The zero-order valence-electron chi connectivity index (χ0n) is 7.33. The summed E-state index contributed by atoms with van der Waals surface area (Å²) in [6.45, 7) is 0. The predicted molar refractivity (Wildman–Crippen MR) is 48.7 cm³/mol. The molecule has 1 unspecified atom stereocenters. The molecule has 0 saturated heterocycles. The van der Waals surface area contributed by atoms with E-state index in [0.29, 0.717) is 5.92 Å². The lowest BCUT2D eigenvalue weighted by Crippen LogP contribution is -2.08. The van der Waals surface area contributed by atoms with Gasteiger partial charge in [0.1, 0.15) is 0 Å². The summed E-state index contributed by atoms with van der Waals surface area (Å²) in [5.74, 6) is 0.669. The molecule has 0 heterocycles. The standard InChI is InChI=1S/C9H16N2/c1-11(2)10-8-9-6-4-3-5-7-9/h3-4,8-9H,5-7H2,1-2H3. The van der Waals surface area contributed by atoms with E-state index in [9.17, 15) is 0 Å². The van der Waals surface area contributed by atoms with Crippen LogP contribution in [0.3, 0.4) is 0 Å². The molecular weight excluding hydrogens is 136 g/mol. The number of allylic oxidation sites excluding steroid dienone is 2. The minimum absolute atomic E-state index is 0.669. The van der Waals surface area contributed by atoms with Crippen molar-refractivity contribution in [2.24, 2.45) is 11.0 Å². The molecule has 0 N–H and O–H groups in total. The van der Waals surface area contributed by atoms with Gasteiger partial charge in [0, 0.05) is 20.3 Å². The first kappa shape index (κ1) is 8.31. The summed E-state index contributed by atoms with van der Waals surface area (Å²) in [7, 11) is 3.91. The summed E-state index contributed by atoms with van der Waals surface area (Å²) in [5.41, 5.74) is 0. The van der Waals surface area contributed by atoms with E-state index in [2.05, 4.69) is 23.5 Å². The predicted octanol–water partition coefficient (Wildman–Crippen LogP) is 1.89. The molecule has 2 nitrogen and oxygen atoms in total. The zero-order valence-corrected chi connectivity index (χ0v) is 7.33. The Bertz CT molecular complexity index is 159. The van der Waals surface area contributed by atoms with Gasteiger partial charge in [0.25, 0.3) is 0 Å². The van der Waals surface area contributed by atoms with Gasteiger partial charge in [-0.3, -0.25) is 0 Å². The molecule has 0 bridgehead atoms. The van der Waals surface area contributed by atoms with Crippen molar-refractivity contribution in [3.05, 3.63) is 12.2 Å². The third-order valence-corrected chi connectivity index (χ3v) is 1.82. The highest BCUT2D eigenvalue weighted by Gasteiger charge is 2.05. The summed E-state index contributed by atoms with van der Waals surface area (Å²) in [4.78, 5) is 0. The minimum atomic E-state index is 0.669. The van der Waals surface area contributed by atoms with Gasteiger partial charge in [0.15, 0.2) is 0 Å². The van der Waals surface area contributed by atoms with Crippen LogP contribution in [0, 0.1) is 5.92 Å². The monoisotopic (exact) mass is 152 g/mol. The third kappa shape index (κ3) is 3.21. The first-order chi connectivity index (χ1) is 5.29. The maximum Gasteiger partial charge on any atom is 0.0279 e. The van der Waals surface area contributed by atoms with Gasteiger partial charge in [-0.15, -0.1) is 0 Å². The topological polar surface area (TPSA) is 15.6 Å². The van der Waals surface area contributed by atoms with Crippen LogP contribution in [0.2, 0.25) is 0 Å². The van der Waals surface area contributed by atoms with E-state index in [1.807, 2.05) is 19.1 Å². The Labute approximate surface area is 68.6 Å². The Hall–Kier alpha value is -0.790. The average molecular weight is 152 g/mol. The fourth-order valence-electron chi connectivity index (χ4n) is 1.18. The third-order valence-electron chi connectivity index (χ3n) is 1.82. The van der Waals surface area contributed by atoms with Gasteiger partial charge in [0.05, 0.1) is 0 Å². The second-order valence-corrected chi connectivity index (χ2v) is 3.16. The zero-order chi connectivity index (χ0) is 8.10. The minimum Gasteiger partial charge on any atom is -0.303 e. The van der Waals surface area contributed by atoms with E-state index in [-0.39, 0.29) is 0 Å². The number of nitrogens with zero attached hydrogens (tertiary/aromatic N) is 2. The maximum absolute atomic E-state index is 4.22. The second kappa shape index (κ2) is 4.16. The summed E-state index contributed by atoms with van der Waals surface area (Å²) in [5, 5.41) is 6.07. The van der Waals surface area contributed by atoms with Crippen LogP contribution < -0.4 is 0 Å². The molecule has 0 saturated carbocycles. The van der Waals surface area contributed by atoms with E-state index in [0.717, 1.165) is 6.42 Å². The molecule has 0 aromatic rings. The summed E-state index contributed by atoms with van der Waals surface area (Å²) in [6.07, 6.45) is 10.2. The largest absolute Gasteiger partial charge is 0.303 e. The van der Waals surface area contributed by atoms with Gasteiger partial charge in [-0.25, -0.2) is 0 Å². The van der Waals surface area contributed by atoms with Gasteiger partial charge < -0.3 is 5.01 Å². The molecule has 62 valence electrons. The van der Waals surface area contributed by atoms with E-state index >= 15 is 0 Å². The van der Waals surface area contributed by atoms with Crippen LogP contribution in [-0.4, -0.2) is 25.3 Å². The van der Waals surface area contributed by atoms with Crippen molar-refractivity contribution in [3.63, 3.8) is 0 Å². The smallest absolute Gasteiger partial charge is 0.0279 e. The Morgan fingerprint density at radius 2 is 2.27 bits per heavy atom. The van der Waals surface area contributed by atoms with Crippen LogP contribution in [0.4, 0.5) is 0 Å². The molecule has 2 heteroatoms. The van der Waals surface area contributed by atoms with Crippen molar-refractivity contribution in [1.82, 2.24) is 5.01 Å². The van der Waals surface area contributed by atoms with E-state index in [4.69, 9.17) is 0 Å². The lowest BCUT2D eigenvalue weighted by Gasteiger charge is -2.13. The van der Waals surface area contributed by atoms with Crippen molar-refractivity contribution in [2.75, 3.05) is 14.1 Å². The van der Waals surface area contributed by atoms with Crippen LogP contribution >= 0.6 is 0 Å². The van der Waals surface area contributed by atoms with Crippen LogP contribution in [0.15, 0.2) is 17.3 Å². The molecule has 0 aromatic heterocycles. The van der Waals surface area contributed by atoms with Gasteiger partial charge >= 0.3 is 0 Å². The molecule has 0 aliphatic heterocycles. The molecule has 0 amide bonds. The van der Waals surface area contributed by atoms with Crippen molar-refractivity contribution in [3.8, 4) is 0 Å². The van der Waals surface area contributed by atoms with Crippen LogP contribution in [-0.2, 0) is 0 Å². The van der Waals surface area contributed by atoms with E-state index in [1.54, 1.807) is 0 Å². The molecule has 1 rings (SSSR count). The van der Waals surface area contributed by atoms with Crippen molar-refractivity contribution >= 4 is 6.21 Å². The lowest BCUT2D eigenvalue weighted by molar-refractivity contribution is 0.434. The lowest BCUT2D eigenvalue weighted by atomic mass is 9.96. The Kier molecular flexibility index (Phi) is 3.14. The van der Waals surface area contributed by atoms with E-state index in [1.165, 1.54) is 12.8 Å². The first-order valence-electron chi connectivity index (χ1n) is 4.15. The molecule has 0 fully saturated rings. The van der Waals surface area contributed by atoms with Crippen molar-refractivity contribution < 1.29 is 0 Å². The van der Waals surface area contributed by atoms with Gasteiger partial charge in [0.2, 0.25) is 0 Å². The first-order valence-corrected chi connectivity index (χ1v) is 4.15. The molecule has 11 heavy (non-hydrogen) atoms. The highest BCUT2D eigenvalue weighted by atomic mass is 15.4. The van der Waals surface area contributed by atoms with Crippen molar-refractivity contribution in [1.29, 1.82) is 0 Å². The van der Waals surface area contributed by atoms with Crippen molar-refractivity contribution in [2.45, 2.75) is 19.3 Å². The summed E-state index contributed by atoms with van der Waals surface area (Å²) in [6, 6.07) is 0. The van der Waals surface area contributed by atoms with Gasteiger partial charge in [-0.1, -0.05) is 12.2 Å². The number of hydrogen-bond donors (Lipinski definition) is 0. The second-order valence-electron chi connectivity index (χ2n) is 3.16. The molecular formula is C9H16N2. The molecule has 0 spiro atoms. The number of rotatable bonds is 2. The molecule has 1 atom stereocenters. The number of hydrazone groups is 1. The van der Waals surface area contributed by atoms with E-state index < -0.39 is 0 Å². The number of hydrogen-bond acceptors (Lipinski definition) is 2. The van der Waals surface area contributed by atoms with Crippen LogP contribution in [0.1, 0.15) is 19.3 Å². The Balaban J connectivity index is 2.31. The normalized spacial score (nSPS) is 24.4. The molecule has 0 radical (unpaired) electrons. The highest BCUT2D eigenvalue weighted by molar-refractivity contribution is 5.60. The van der Waals surface area contributed by atoms with Crippen LogP contribution in [0.25, 0.3) is 0 Å². The molecule has 0 aromatic carbocycles. The molecule has 1 aliphatic rings. The van der Waals surface area contributed by atoms with Gasteiger partial charge in [-0.2, -0.15) is 5.10 Å². The fraction of sp³-hybridized carbons (Fsp3) is 0.667. The average Bonchev–Trinajstić information content (AvgIpc) is 2.03. The highest BCUT2D eigenvalue weighted by Crippen LogP contribution is 2.15. The maximum atomic E-state index is 4.22. The Morgan fingerprint density at radius 1 is 1.45 bits per heavy atom. The summed E-state index contributed by atoms with van der Waals surface area (Å²) < 4.78 is 0. The fourth-order valence-corrected chi connectivity index (χ4v) is 1.18.